The van der Waals surface area contributed by atoms with Gasteiger partial charge >= 0.3 is 0 Å². The Kier molecular flexibility index (Phi) is 4.33. The molecule has 2 heterocycles. The van der Waals surface area contributed by atoms with E-state index in [1.54, 1.807) is 6.20 Å². The monoisotopic (exact) mass is 266 g/mol. The van der Waals surface area contributed by atoms with E-state index in [0.717, 1.165) is 18.0 Å². The van der Waals surface area contributed by atoms with Gasteiger partial charge in [-0.25, -0.2) is 4.39 Å². The molecule has 0 aliphatic heterocycles. The molecule has 6 heteroatoms. The van der Waals surface area contributed by atoms with Crippen LogP contribution in [0.2, 0.25) is 0 Å². The number of aromatic nitrogens is 3. The van der Waals surface area contributed by atoms with Crippen molar-refractivity contribution >= 4 is 11.3 Å². The zero-order valence-corrected chi connectivity index (χ0v) is 11.2. The summed E-state index contributed by atoms with van der Waals surface area (Å²) in [5.41, 5.74) is 0.676. The maximum Gasteiger partial charge on any atom is 0.149 e. The number of nitrogens with one attached hydrogen (secondary N) is 1. The summed E-state index contributed by atoms with van der Waals surface area (Å²) in [6.45, 7) is 5.07. The Labute approximate surface area is 109 Å². The first-order valence-corrected chi connectivity index (χ1v) is 6.63. The van der Waals surface area contributed by atoms with Crippen molar-refractivity contribution in [2.45, 2.75) is 26.3 Å². The Bertz CT molecular complexity index is 512. The maximum absolute atomic E-state index is 13.0. The van der Waals surface area contributed by atoms with Crippen molar-refractivity contribution in [2.24, 2.45) is 0 Å². The van der Waals surface area contributed by atoms with Gasteiger partial charge < -0.3 is 5.32 Å². The number of nitrogens with zero attached hydrogens (tertiary/aromatic N) is 3. The smallest absolute Gasteiger partial charge is 0.149 e. The lowest BCUT2D eigenvalue weighted by Crippen LogP contribution is -2.24. The lowest BCUT2D eigenvalue weighted by molar-refractivity contribution is 0.588. The third kappa shape index (κ3) is 3.54. The van der Waals surface area contributed by atoms with Gasteiger partial charge in [-0.05, 0) is 6.07 Å². The van der Waals surface area contributed by atoms with Crippen LogP contribution < -0.4 is 5.32 Å². The van der Waals surface area contributed by atoms with Crippen LogP contribution in [0.25, 0.3) is 10.6 Å². The van der Waals surface area contributed by atoms with Crippen molar-refractivity contribution in [1.82, 2.24) is 20.5 Å². The number of pyridine rings is 1. The van der Waals surface area contributed by atoms with Crippen molar-refractivity contribution in [3.8, 4) is 10.6 Å². The van der Waals surface area contributed by atoms with E-state index in [0.29, 0.717) is 16.6 Å². The van der Waals surface area contributed by atoms with Gasteiger partial charge in [-0.2, -0.15) is 0 Å². The zero-order valence-electron chi connectivity index (χ0n) is 10.4. The first-order chi connectivity index (χ1) is 8.65. The molecule has 0 atom stereocenters. The summed E-state index contributed by atoms with van der Waals surface area (Å²) in [5.74, 6) is -0.356. The molecule has 4 nitrogen and oxygen atoms in total. The molecule has 0 saturated carbocycles. The molecule has 0 aliphatic carbocycles. The van der Waals surface area contributed by atoms with Gasteiger partial charge in [0.05, 0.1) is 6.20 Å². The molecular weight excluding hydrogens is 251 g/mol. The van der Waals surface area contributed by atoms with Gasteiger partial charge in [0.1, 0.15) is 15.8 Å². The normalized spacial score (nSPS) is 11.1. The summed E-state index contributed by atoms with van der Waals surface area (Å²) in [5, 5.41) is 13.1. The van der Waals surface area contributed by atoms with Gasteiger partial charge in [0, 0.05) is 30.8 Å². The minimum atomic E-state index is -0.356. The van der Waals surface area contributed by atoms with Gasteiger partial charge in [-0.3, -0.25) is 4.98 Å². The number of rotatable bonds is 5. The fourth-order valence-corrected chi connectivity index (χ4v) is 2.29. The van der Waals surface area contributed by atoms with Gasteiger partial charge in [-0.1, -0.05) is 25.2 Å². The molecule has 0 fully saturated rings. The predicted octanol–water partition coefficient (Wildman–Crippen LogP) is 2.28. The highest BCUT2D eigenvalue weighted by atomic mass is 32.1. The van der Waals surface area contributed by atoms with Crippen LogP contribution in [-0.4, -0.2) is 27.8 Å². The maximum atomic E-state index is 13.0. The van der Waals surface area contributed by atoms with E-state index in [2.05, 4.69) is 34.3 Å². The first kappa shape index (κ1) is 13.0. The molecule has 1 N–H and O–H groups in total. The third-order valence-corrected chi connectivity index (χ3v) is 3.34. The SMILES string of the molecule is CC(C)NCCc1nnc(-c2cncc(F)c2)s1. The molecule has 0 amide bonds. The van der Waals surface area contributed by atoms with E-state index in [9.17, 15) is 4.39 Å². The van der Waals surface area contributed by atoms with Crippen LogP contribution in [0.1, 0.15) is 18.9 Å². The summed E-state index contributed by atoms with van der Waals surface area (Å²) in [6, 6.07) is 1.88. The van der Waals surface area contributed by atoms with Crippen molar-refractivity contribution in [3.63, 3.8) is 0 Å². The molecule has 0 saturated heterocycles. The van der Waals surface area contributed by atoms with Crippen molar-refractivity contribution in [1.29, 1.82) is 0 Å². The Morgan fingerprint density at radius 3 is 2.89 bits per heavy atom. The van der Waals surface area contributed by atoms with Gasteiger partial charge in [0.2, 0.25) is 0 Å². The molecule has 0 aliphatic rings. The average Bonchev–Trinajstić information content (AvgIpc) is 2.77. The Morgan fingerprint density at radius 1 is 1.33 bits per heavy atom. The average molecular weight is 266 g/mol. The Balaban J connectivity index is 2.02. The van der Waals surface area contributed by atoms with Crippen molar-refractivity contribution < 1.29 is 4.39 Å². The molecule has 18 heavy (non-hydrogen) atoms. The highest BCUT2D eigenvalue weighted by molar-refractivity contribution is 7.14. The van der Waals surface area contributed by atoms with Gasteiger partial charge in [-0.15, -0.1) is 10.2 Å². The fraction of sp³-hybridized carbons (Fsp3) is 0.417. The lowest BCUT2D eigenvalue weighted by Gasteiger charge is -2.05. The molecule has 2 aromatic rings. The van der Waals surface area contributed by atoms with Crippen LogP contribution in [0.15, 0.2) is 18.5 Å². The van der Waals surface area contributed by atoms with Crippen LogP contribution in [0.5, 0.6) is 0 Å². The predicted molar refractivity (Wildman–Crippen MR) is 69.9 cm³/mol. The molecule has 2 rings (SSSR count). The molecule has 0 aromatic carbocycles. The topological polar surface area (TPSA) is 50.7 Å². The van der Waals surface area contributed by atoms with E-state index in [-0.39, 0.29) is 5.82 Å². The quantitative estimate of drug-likeness (QED) is 0.902. The molecule has 0 unspecified atom stereocenters. The fourth-order valence-electron chi connectivity index (χ4n) is 1.47. The minimum Gasteiger partial charge on any atom is -0.314 e. The molecule has 0 bridgehead atoms. The summed E-state index contributed by atoms with van der Waals surface area (Å²) in [7, 11) is 0. The van der Waals surface area contributed by atoms with E-state index >= 15 is 0 Å². The van der Waals surface area contributed by atoms with Crippen LogP contribution >= 0.6 is 11.3 Å². The number of halogens is 1. The van der Waals surface area contributed by atoms with Crippen LogP contribution in [0.3, 0.4) is 0 Å². The summed E-state index contributed by atoms with van der Waals surface area (Å²) in [4.78, 5) is 3.81. The van der Waals surface area contributed by atoms with Crippen molar-refractivity contribution in [2.75, 3.05) is 6.54 Å². The van der Waals surface area contributed by atoms with Gasteiger partial charge in [0.25, 0.3) is 0 Å². The summed E-state index contributed by atoms with van der Waals surface area (Å²) < 4.78 is 13.0. The molecule has 0 radical (unpaired) electrons. The van der Waals surface area contributed by atoms with Crippen LogP contribution in [0.4, 0.5) is 4.39 Å². The van der Waals surface area contributed by atoms with Gasteiger partial charge in [0.15, 0.2) is 0 Å². The summed E-state index contributed by atoms with van der Waals surface area (Å²) in [6.07, 6.45) is 3.61. The number of hydrogen-bond acceptors (Lipinski definition) is 5. The second kappa shape index (κ2) is 5.97. The second-order valence-corrected chi connectivity index (χ2v) is 5.31. The van der Waals surface area contributed by atoms with E-state index < -0.39 is 0 Å². The highest BCUT2D eigenvalue weighted by Gasteiger charge is 2.07. The minimum absolute atomic E-state index is 0.356. The molecule has 2 aromatic heterocycles. The van der Waals surface area contributed by atoms with Crippen LogP contribution in [-0.2, 0) is 6.42 Å². The zero-order chi connectivity index (χ0) is 13.0. The van der Waals surface area contributed by atoms with Crippen molar-refractivity contribution in [3.05, 3.63) is 29.3 Å². The molecular formula is C12H15FN4S. The molecule has 96 valence electrons. The summed E-state index contributed by atoms with van der Waals surface area (Å²) >= 11 is 1.48. The Hall–Kier alpha value is -1.40. The van der Waals surface area contributed by atoms with E-state index in [1.807, 2.05) is 0 Å². The largest absolute Gasteiger partial charge is 0.314 e. The first-order valence-electron chi connectivity index (χ1n) is 5.82. The highest BCUT2D eigenvalue weighted by Crippen LogP contribution is 2.23. The lowest BCUT2D eigenvalue weighted by atomic mass is 10.3. The second-order valence-electron chi connectivity index (χ2n) is 4.25. The van der Waals surface area contributed by atoms with E-state index in [4.69, 9.17) is 0 Å². The van der Waals surface area contributed by atoms with E-state index in [1.165, 1.54) is 23.6 Å². The third-order valence-electron chi connectivity index (χ3n) is 2.31. The Morgan fingerprint density at radius 2 is 2.17 bits per heavy atom. The standard InChI is InChI=1S/C12H15FN4S/c1-8(2)15-4-3-11-16-17-12(18-11)9-5-10(13)7-14-6-9/h5-8,15H,3-4H2,1-2H3. The van der Waals surface area contributed by atoms with Crippen LogP contribution in [0, 0.1) is 5.82 Å². The molecule has 0 spiro atoms. The number of hydrogen-bond donors (Lipinski definition) is 1.